The molecule has 1 aliphatic heterocycles. The Morgan fingerprint density at radius 1 is 0.955 bits per heavy atom. The number of benzene rings is 2. The van der Waals surface area contributed by atoms with E-state index in [1.54, 1.807) is 24.3 Å². The van der Waals surface area contributed by atoms with Crippen molar-refractivity contribution in [3.8, 4) is 5.75 Å². The zero-order chi connectivity index (χ0) is 15.7. The minimum atomic E-state index is -0.654. The second kappa shape index (κ2) is 5.33. The van der Waals surface area contributed by atoms with Gasteiger partial charge in [-0.15, -0.1) is 0 Å². The van der Waals surface area contributed by atoms with Crippen LogP contribution in [-0.4, -0.2) is 23.0 Å². The molecular weight excluding hydrogens is 284 g/mol. The molecule has 110 valence electrons. The van der Waals surface area contributed by atoms with Crippen molar-refractivity contribution in [2.45, 2.75) is 6.92 Å². The van der Waals surface area contributed by atoms with Crippen LogP contribution >= 0.6 is 0 Å². The molecule has 1 heterocycles. The van der Waals surface area contributed by atoms with Crippen molar-refractivity contribution in [1.29, 1.82) is 5.41 Å². The molecule has 0 saturated carbocycles. The molecule has 1 N–H and O–H groups in total. The quantitative estimate of drug-likeness (QED) is 0.524. The van der Waals surface area contributed by atoms with Gasteiger partial charge in [0.25, 0.3) is 11.8 Å². The predicted molar refractivity (Wildman–Crippen MR) is 77.6 cm³/mol. The summed E-state index contributed by atoms with van der Waals surface area (Å²) in [6, 6.07) is 13.3. The third-order valence-electron chi connectivity index (χ3n) is 3.16. The fourth-order valence-electron chi connectivity index (χ4n) is 2.06. The fourth-order valence-corrected chi connectivity index (χ4v) is 2.06. The first-order valence-electron chi connectivity index (χ1n) is 6.55. The molecule has 6 heteroatoms. The predicted octanol–water partition coefficient (Wildman–Crippen LogP) is 2.54. The highest BCUT2D eigenvalue weighted by molar-refractivity contribution is 6.20. The zero-order valence-corrected chi connectivity index (χ0v) is 11.7. The molecular formula is C16H12N2O4. The minimum Gasteiger partial charge on any atom is -0.410 e. The number of carbonyl (C=O) groups is 2. The van der Waals surface area contributed by atoms with Gasteiger partial charge < -0.3 is 9.57 Å². The van der Waals surface area contributed by atoms with Crippen molar-refractivity contribution in [1.82, 2.24) is 5.06 Å². The van der Waals surface area contributed by atoms with Gasteiger partial charge in [-0.3, -0.25) is 9.59 Å². The van der Waals surface area contributed by atoms with Gasteiger partial charge in [-0.1, -0.05) is 34.9 Å². The number of amides is 2. The summed E-state index contributed by atoms with van der Waals surface area (Å²) in [5.74, 6) is -0.845. The van der Waals surface area contributed by atoms with Crippen LogP contribution in [0.25, 0.3) is 0 Å². The lowest BCUT2D eigenvalue weighted by Gasteiger charge is -2.14. The van der Waals surface area contributed by atoms with Crippen LogP contribution in [0.4, 0.5) is 0 Å². The first-order chi connectivity index (χ1) is 10.6. The molecule has 0 unspecified atom stereocenters. The van der Waals surface area contributed by atoms with E-state index in [4.69, 9.17) is 15.0 Å². The van der Waals surface area contributed by atoms with Gasteiger partial charge in [-0.25, -0.2) is 5.41 Å². The van der Waals surface area contributed by atoms with Crippen LogP contribution in [0.2, 0.25) is 0 Å². The van der Waals surface area contributed by atoms with E-state index in [-0.39, 0.29) is 11.1 Å². The Balaban J connectivity index is 1.71. The molecule has 0 aliphatic carbocycles. The Bertz CT molecular complexity index is 733. The molecule has 2 amide bonds. The Kier molecular flexibility index (Phi) is 3.34. The van der Waals surface area contributed by atoms with Crippen molar-refractivity contribution < 1.29 is 19.2 Å². The Hall–Kier alpha value is -3.15. The molecule has 0 atom stereocenters. The van der Waals surface area contributed by atoms with Crippen LogP contribution in [0.1, 0.15) is 26.3 Å². The van der Waals surface area contributed by atoms with Crippen molar-refractivity contribution >= 4 is 17.9 Å². The average molecular weight is 296 g/mol. The highest BCUT2D eigenvalue weighted by atomic mass is 16.8. The standard InChI is InChI=1S/C16H12N2O4/c1-10-6-8-11(9-7-10)21-16(17)22-18-14(19)12-4-2-3-5-13(12)15(18)20/h2-9,17H,1H3. The molecule has 0 radical (unpaired) electrons. The van der Waals surface area contributed by atoms with E-state index in [2.05, 4.69) is 0 Å². The smallest absolute Gasteiger partial charge is 0.410 e. The summed E-state index contributed by atoms with van der Waals surface area (Å²) >= 11 is 0. The molecule has 22 heavy (non-hydrogen) atoms. The number of imide groups is 1. The summed E-state index contributed by atoms with van der Waals surface area (Å²) < 4.78 is 5.14. The number of carbonyl (C=O) groups excluding carboxylic acids is 2. The summed E-state index contributed by atoms with van der Waals surface area (Å²) in [6.45, 7) is 1.92. The Morgan fingerprint density at radius 2 is 1.50 bits per heavy atom. The molecule has 0 spiro atoms. The van der Waals surface area contributed by atoms with Crippen LogP contribution in [-0.2, 0) is 4.84 Å². The number of hydrogen-bond donors (Lipinski definition) is 1. The number of fused-ring (bicyclic) bond motifs is 1. The molecule has 2 aromatic carbocycles. The Labute approximate surface area is 126 Å². The van der Waals surface area contributed by atoms with E-state index in [0.717, 1.165) is 5.56 Å². The third-order valence-corrected chi connectivity index (χ3v) is 3.16. The molecule has 0 aromatic heterocycles. The number of aryl methyl sites for hydroxylation is 1. The second-order valence-electron chi connectivity index (χ2n) is 4.74. The maximum absolute atomic E-state index is 12.1. The highest BCUT2D eigenvalue weighted by Gasteiger charge is 2.38. The summed E-state index contributed by atoms with van der Waals surface area (Å²) in [7, 11) is 0. The monoisotopic (exact) mass is 296 g/mol. The van der Waals surface area contributed by atoms with E-state index in [0.29, 0.717) is 10.8 Å². The topological polar surface area (TPSA) is 79.7 Å². The van der Waals surface area contributed by atoms with Crippen molar-refractivity contribution in [2.75, 3.05) is 0 Å². The van der Waals surface area contributed by atoms with Gasteiger partial charge >= 0.3 is 6.08 Å². The van der Waals surface area contributed by atoms with E-state index < -0.39 is 17.9 Å². The first kappa shape index (κ1) is 13.8. The van der Waals surface area contributed by atoms with Gasteiger partial charge in [0.05, 0.1) is 11.1 Å². The van der Waals surface area contributed by atoms with E-state index in [1.165, 1.54) is 12.1 Å². The maximum Gasteiger partial charge on any atom is 0.412 e. The summed E-state index contributed by atoms with van der Waals surface area (Å²) in [4.78, 5) is 29.1. The highest BCUT2D eigenvalue weighted by Crippen LogP contribution is 2.23. The van der Waals surface area contributed by atoms with Crippen molar-refractivity contribution in [3.63, 3.8) is 0 Å². The number of nitrogens with zero attached hydrogens (tertiary/aromatic N) is 1. The number of rotatable bonds is 2. The SMILES string of the molecule is Cc1ccc(OC(=N)ON2C(=O)c3ccccc3C2=O)cc1. The lowest BCUT2D eigenvalue weighted by Crippen LogP contribution is -2.34. The van der Waals surface area contributed by atoms with E-state index in [1.807, 2.05) is 19.1 Å². The number of ether oxygens (including phenoxy) is 1. The number of hydrogen-bond acceptors (Lipinski definition) is 5. The van der Waals surface area contributed by atoms with Crippen LogP contribution < -0.4 is 4.74 Å². The van der Waals surface area contributed by atoms with Gasteiger partial charge in [-0.05, 0) is 31.2 Å². The van der Waals surface area contributed by atoms with E-state index in [9.17, 15) is 9.59 Å². The molecule has 3 rings (SSSR count). The Morgan fingerprint density at radius 3 is 2.05 bits per heavy atom. The van der Waals surface area contributed by atoms with Gasteiger partial charge in [0.1, 0.15) is 5.75 Å². The van der Waals surface area contributed by atoms with E-state index >= 15 is 0 Å². The van der Waals surface area contributed by atoms with Gasteiger partial charge in [-0.2, -0.15) is 0 Å². The second-order valence-corrected chi connectivity index (χ2v) is 4.74. The van der Waals surface area contributed by atoms with Crippen molar-refractivity contribution in [3.05, 3.63) is 65.2 Å². The molecule has 1 aliphatic rings. The molecule has 2 aromatic rings. The van der Waals surface area contributed by atoms with Gasteiger partial charge in [0.15, 0.2) is 0 Å². The molecule has 6 nitrogen and oxygen atoms in total. The lowest BCUT2D eigenvalue weighted by atomic mass is 10.1. The average Bonchev–Trinajstić information content (AvgIpc) is 2.75. The zero-order valence-electron chi connectivity index (χ0n) is 11.7. The lowest BCUT2D eigenvalue weighted by molar-refractivity contribution is -0.0356. The summed E-state index contributed by atoms with van der Waals surface area (Å²) in [5, 5.41) is 8.17. The third kappa shape index (κ3) is 2.42. The minimum absolute atomic E-state index is 0.246. The molecule has 0 saturated heterocycles. The summed E-state index contributed by atoms with van der Waals surface area (Å²) in [5.41, 5.74) is 1.53. The van der Waals surface area contributed by atoms with Gasteiger partial charge in [0, 0.05) is 0 Å². The fraction of sp³-hybridized carbons (Fsp3) is 0.0625. The van der Waals surface area contributed by atoms with Crippen LogP contribution in [0.15, 0.2) is 48.5 Å². The number of hydroxylamine groups is 2. The van der Waals surface area contributed by atoms with Gasteiger partial charge in [0.2, 0.25) is 0 Å². The van der Waals surface area contributed by atoms with Crippen LogP contribution in [0.5, 0.6) is 5.75 Å². The summed E-state index contributed by atoms with van der Waals surface area (Å²) in [6.07, 6.45) is -0.654. The normalized spacial score (nSPS) is 13.0. The maximum atomic E-state index is 12.1. The van der Waals surface area contributed by atoms with Crippen molar-refractivity contribution in [2.24, 2.45) is 0 Å². The van der Waals surface area contributed by atoms with Crippen LogP contribution in [0, 0.1) is 12.3 Å². The first-order valence-corrected chi connectivity index (χ1v) is 6.55. The molecule has 0 fully saturated rings. The molecule has 0 bridgehead atoms. The number of nitrogens with one attached hydrogen (secondary N) is 1. The largest absolute Gasteiger partial charge is 0.412 e. The van der Waals surface area contributed by atoms with Crippen LogP contribution in [0.3, 0.4) is 0 Å².